The van der Waals surface area contributed by atoms with Crippen LogP contribution in [0, 0.1) is 19.3 Å². The van der Waals surface area contributed by atoms with Gasteiger partial charge in [-0.15, -0.1) is 16.6 Å². The second-order valence-corrected chi connectivity index (χ2v) is 4.89. The molecule has 1 saturated heterocycles. The highest BCUT2D eigenvalue weighted by atomic mass is 16.2. The summed E-state index contributed by atoms with van der Waals surface area (Å²) in [6, 6.07) is -0.271. The van der Waals surface area contributed by atoms with Gasteiger partial charge in [0.2, 0.25) is 5.95 Å². The molecule has 1 aliphatic heterocycles. The molecule has 2 rings (SSSR count). The maximum absolute atomic E-state index is 12.2. The second kappa shape index (κ2) is 6.85. The first-order chi connectivity index (χ1) is 10.1. The fraction of sp³-hybridized carbons (Fsp3) is 0.538. The lowest BCUT2D eigenvalue weighted by Gasteiger charge is -2.33. The molecule has 0 aliphatic carbocycles. The Hall–Kier alpha value is -2.40. The van der Waals surface area contributed by atoms with Crippen molar-refractivity contribution in [3.8, 4) is 12.3 Å². The summed E-state index contributed by atoms with van der Waals surface area (Å²) in [5.41, 5.74) is 5.01. The number of rotatable bonds is 4. The summed E-state index contributed by atoms with van der Waals surface area (Å²) in [7, 11) is 0. The molecule has 1 fully saturated rings. The van der Waals surface area contributed by atoms with Gasteiger partial charge in [0.1, 0.15) is 5.69 Å². The van der Waals surface area contributed by atoms with Crippen molar-refractivity contribution in [1.82, 2.24) is 25.5 Å². The zero-order valence-corrected chi connectivity index (χ0v) is 11.8. The van der Waals surface area contributed by atoms with E-state index in [1.807, 2.05) is 4.90 Å². The predicted octanol–water partition coefficient (Wildman–Crippen LogP) is -0.596. The van der Waals surface area contributed by atoms with E-state index in [4.69, 9.17) is 6.42 Å². The second-order valence-electron chi connectivity index (χ2n) is 4.89. The summed E-state index contributed by atoms with van der Waals surface area (Å²) in [6.45, 7) is 2.80. The zero-order chi connectivity index (χ0) is 15.2. The van der Waals surface area contributed by atoms with E-state index in [-0.39, 0.29) is 29.2 Å². The van der Waals surface area contributed by atoms with Crippen molar-refractivity contribution in [2.45, 2.75) is 32.2 Å². The number of hydrogen-bond donors (Lipinski definition) is 3. The number of carbonyl (C=O) groups excluding carboxylic acids is 1. The third-order valence-corrected chi connectivity index (χ3v) is 3.38. The minimum Gasteiger partial charge on any atom is -0.288 e. The highest BCUT2D eigenvalue weighted by Gasteiger charge is 2.28. The quantitative estimate of drug-likeness (QED) is 0.505. The van der Waals surface area contributed by atoms with E-state index in [1.165, 1.54) is 0 Å². The van der Waals surface area contributed by atoms with Crippen LogP contribution in [0.3, 0.4) is 0 Å². The molecule has 0 aromatic carbocycles. The van der Waals surface area contributed by atoms with Gasteiger partial charge >= 0.3 is 0 Å². The number of amides is 1. The van der Waals surface area contributed by atoms with E-state index in [9.17, 15) is 9.59 Å². The molecule has 112 valence electrons. The molecule has 8 nitrogen and oxygen atoms in total. The molecule has 0 spiro atoms. The van der Waals surface area contributed by atoms with Crippen molar-refractivity contribution >= 4 is 11.9 Å². The van der Waals surface area contributed by atoms with Gasteiger partial charge in [-0.05, 0) is 26.3 Å². The van der Waals surface area contributed by atoms with Gasteiger partial charge in [-0.2, -0.15) is 0 Å². The third kappa shape index (κ3) is 3.79. The van der Waals surface area contributed by atoms with Crippen LogP contribution >= 0.6 is 0 Å². The maximum atomic E-state index is 12.2. The van der Waals surface area contributed by atoms with Crippen molar-refractivity contribution in [3.63, 3.8) is 0 Å². The minimum absolute atomic E-state index is 0.0956. The van der Waals surface area contributed by atoms with Crippen LogP contribution in [0.2, 0.25) is 0 Å². The average Bonchev–Trinajstić information content (AvgIpc) is 2.49. The molecule has 1 aliphatic rings. The number of aryl methyl sites for hydroxylation is 1. The van der Waals surface area contributed by atoms with E-state index in [0.29, 0.717) is 6.54 Å². The van der Waals surface area contributed by atoms with Gasteiger partial charge in [-0.25, -0.2) is 0 Å². The van der Waals surface area contributed by atoms with Gasteiger partial charge < -0.3 is 0 Å². The zero-order valence-electron chi connectivity index (χ0n) is 11.8. The number of aromatic nitrogens is 3. The van der Waals surface area contributed by atoms with Crippen molar-refractivity contribution in [3.05, 3.63) is 16.0 Å². The Morgan fingerprint density at radius 2 is 2.33 bits per heavy atom. The first-order valence-electron chi connectivity index (χ1n) is 6.79. The van der Waals surface area contributed by atoms with E-state index >= 15 is 0 Å². The van der Waals surface area contributed by atoms with E-state index in [0.717, 1.165) is 25.8 Å². The van der Waals surface area contributed by atoms with Crippen LogP contribution in [0.5, 0.6) is 0 Å². The number of carbonyl (C=O) groups is 1. The van der Waals surface area contributed by atoms with Gasteiger partial charge in [0.25, 0.3) is 11.5 Å². The monoisotopic (exact) mass is 290 g/mol. The third-order valence-electron chi connectivity index (χ3n) is 3.38. The number of terminal acetylenes is 1. The Labute approximate surface area is 122 Å². The molecular formula is C13H18N6O2. The largest absolute Gasteiger partial charge is 0.288 e. The van der Waals surface area contributed by atoms with Gasteiger partial charge in [0.15, 0.2) is 0 Å². The molecule has 2 heterocycles. The summed E-state index contributed by atoms with van der Waals surface area (Å²) in [5, 5.41) is 7.40. The fourth-order valence-corrected chi connectivity index (χ4v) is 2.25. The van der Waals surface area contributed by atoms with Crippen LogP contribution in [-0.4, -0.2) is 45.1 Å². The molecule has 8 heteroatoms. The summed E-state index contributed by atoms with van der Waals surface area (Å²) >= 11 is 0. The fourth-order valence-electron chi connectivity index (χ4n) is 2.25. The maximum Gasteiger partial charge on any atom is 0.274 e. The Morgan fingerprint density at radius 1 is 1.52 bits per heavy atom. The summed E-state index contributed by atoms with van der Waals surface area (Å²) in [6.07, 6.45) is 8.10. The smallest absolute Gasteiger partial charge is 0.274 e. The Balaban J connectivity index is 1.95. The Morgan fingerprint density at radius 3 is 3.05 bits per heavy atom. The highest BCUT2D eigenvalue weighted by Crippen LogP contribution is 2.16. The van der Waals surface area contributed by atoms with Gasteiger partial charge in [-0.1, -0.05) is 12.3 Å². The van der Waals surface area contributed by atoms with Crippen LogP contribution in [-0.2, 0) is 4.79 Å². The molecule has 21 heavy (non-hydrogen) atoms. The number of aromatic amines is 1. The predicted molar refractivity (Wildman–Crippen MR) is 77.2 cm³/mol. The van der Waals surface area contributed by atoms with Crippen molar-refractivity contribution in [2.75, 3.05) is 18.5 Å². The number of hydrogen-bond acceptors (Lipinski definition) is 6. The van der Waals surface area contributed by atoms with E-state index < -0.39 is 0 Å². The number of likely N-dealkylation sites (tertiary alicyclic amines) is 1. The standard InChI is InChI=1S/C13H18N6O2/c1-3-7-19-8-5-4-6-10(19)12(21)16-18-13-14-11(20)9(2)15-17-13/h1,10H,4-8H2,2H3,(H,16,21)(H2,14,17,18,20)/t10-/m0/s1. The number of H-pyrrole nitrogens is 1. The van der Waals surface area contributed by atoms with Crippen molar-refractivity contribution < 1.29 is 4.79 Å². The number of nitrogens with one attached hydrogen (secondary N) is 3. The molecule has 1 atom stereocenters. The molecule has 1 amide bonds. The first kappa shape index (κ1) is 15.0. The van der Waals surface area contributed by atoms with Crippen LogP contribution in [0.4, 0.5) is 5.95 Å². The van der Waals surface area contributed by atoms with Crippen LogP contribution in [0.25, 0.3) is 0 Å². The molecule has 1 aromatic heterocycles. The Bertz CT molecular complexity index is 605. The number of anilines is 1. The molecule has 3 N–H and O–H groups in total. The van der Waals surface area contributed by atoms with Crippen LogP contribution in [0.15, 0.2) is 4.79 Å². The molecule has 0 unspecified atom stereocenters. The number of nitrogens with zero attached hydrogens (tertiary/aromatic N) is 3. The summed E-state index contributed by atoms with van der Waals surface area (Å²) in [4.78, 5) is 28.0. The molecule has 0 radical (unpaired) electrons. The highest BCUT2D eigenvalue weighted by molar-refractivity contribution is 5.82. The van der Waals surface area contributed by atoms with Crippen molar-refractivity contribution in [2.24, 2.45) is 0 Å². The van der Waals surface area contributed by atoms with Gasteiger partial charge in [-0.3, -0.25) is 30.3 Å². The molecule has 0 bridgehead atoms. The van der Waals surface area contributed by atoms with Gasteiger partial charge in [0.05, 0.1) is 12.6 Å². The summed E-state index contributed by atoms with van der Waals surface area (Å²) in [5.74, 6) is 2.46. The Kier molecular flexibility index (Phi) is 4.90. The topological polar surface area (TPSA) is 103 Å². The minimum atomic E-state index is -0.353. The van der Waals surface area contributed by atoms with E-state index in [2.05, 4.69) is 32.0 Å². The first-order valence-corrected chi connectivity index (χ1v) is 6.79. The number of hydrazine groups is 1. The lowest BCUT2D eigenvalue weighted by Crippen LogP contribution is -2.51. The van der Waals surface area contributed by atoms with Crippen LogP contribution in [0.1, 0.15) is 25.0 Å². The molecule has 0 saturated carbocycles. The molecule has 1 aromatic rings. The number of piperidine rings is 1. The average molecular weight is 290 g/mol. The van der Waals surface area contributed by atoms with Crippen LogP contribution < -0.4 is 16.4 Å². The lowest BCUT2D eigenvalue weighted by atomic mass is 10.0. The summed E-state index contributed by atoms with van der Waals surface area (Å²) < 4.78 is 0. The lowest BCUT2D eigenvalue weighted by molar-refractivity contribution is -0.126. The normalized spacial score (nSPS) is 18.8. The SMILES string of the molecule is C#CCN1CCCC[C@H]1C(=O)NNc1nnc(C)c(=O)[nH]1. The van der Waals surface area contributed by atoms with E-state index in [1.54, 1.807) is 6.92 Å². The molecular weight excluding hydrogens is 272 g/mol. The van der Waals surface area contributed by atoms with Crippen molar-refractivity contribution in [1.29, 1.82) is 0 Å². The van der Waals surface area contributed by atoms with Gasteiger partial charge in [0, 0.05) is 0 Å².